The van der Waals surface area contributed by atoms with Crippen molar-refractivity contribution in [2.24, 2.45) is 0 Å². The lowest BCUT2D eigenvalue weighted by Gasteiger charge is -2.29. The second-order valence-electron chi connectivity index (χ2n) is 7.22. The number of rotatable bonds is 8. The van der Waals surface area contributed by atoms with Gasteiger partial charge in [0.1, 0.15) is 25.7 Å². The number of aryl methyl sites for hydroxylation is 1. The smallest absolute Gasteiger partial charge is 0.210 e. The van der Waals surface area contributed by atoms with Gasteiger partial charge < -0.3 is 15.0 Å². The molecule has 0 amide bonds. The first-order valence-corrected chi connectivity index (χ1v) is 11.9. The molecule has 29 heavy (non-hydrogen) atoms. The summed E-state index contributed by atoms with van der Waals surface area (Å²) in [6, 6.07) is 19.2. The van der Waals surface area contributed by atoms with Gasteiger partial charge in [0.15, 0.2) is 4.34 Å². The Hall–Kier alpha value is -1.93. The fraction of sp³-hybridized carbons (Fsp3) is 0.364. The van der Waals surface area contributed by atoms with Crippen LogP contribution in [0, 0.1) is 0 Å². The zero-order chi connectivity index (χ0) is 19.9. The summed E-state index contributed by atoms with van der Waals surface area (Å²) in [4.78, 5) is 1.59. The molecule has 1 unspecified atom stereocenters. The molecule has 1 aliphatic rings. The summed E-state index contributed by atoms with van der Waals surface area (Å²) in [5, 5.41) is 12.8. The number of aromatic nitrogens is 2. The maximum atomic E-state index is 5.99. The van der Waals surface area contributed by atoms with Crippen molar-refractivity contribution in [2.45, 2.75) is 30.3 Å². The highest BCUT2D eigenvalue weighted by atomic mass is 32.2. The number of benzene rings is 2. The van der Waals surface area contributed by atoms with E-state index < -0.39 is 0 Å². The Bertz CT molecular complexity index is 885. The normalized spacial score (nSPS) is 19.2. The first kappa shape index (κ1) is 20.3. The standard InChI is InChI=1S/C22H26N4OS2/c1-2-17-8-10-19(11-9-17)23-21-24-25-22(29-21)28-16-20-15-26(12-13-27-20)14-18-6-4-3-5-7-18/h3-11,20H,2,12-16H2,1H3,(H,23,24)/p+1/t20-/m0/s1. The van der Waals surface area contributed by atoms with Crippen molar-refractivity contribution in [3.8, 4) is 0 Å². The lowest BCUT2D eigenvalue weighted by Crippen LogP contribution is -3.13. The predicted octanol–water partition coefficient (Wildman–Crippen LogP) is 3.42. The van der Waals surface area contributed by atoms with Gasteiger partial charge in [0.05, 0.1) is 6.61 Å². The van der Waals surface area contributed by atoms with Crippen LogP contribution in [0.5, 0.6) is 0 Å². The highest BCUT2D eigenvalue weighted by molar-refractivity contribution is 8.01. The van der Waals surface area contributed by atoms with Gasteiger partial charge in [-0.05, 0) is 24.1 Å². The molecular formula is C22H27N4OS2+. The SMILES string of the molecule is CCc1ccc(Nc2nnc(SC[C@@H]3C[NH+](Cc4ccccc4)CCO3)s2)cc1. The molecule has 0 saturated carbocycles. The van der Waals surface area contributed by atoms with Gasteiger partial charge in [0, 0.05) is 17.0 Å². The molecule has 4 rings (SSSR count). The summed E-state index contributed by atoms with van der Waals surface area (Å²) in [5.74, 6) is 0.915. The summed E-state index contributed by atoms with van der Waals surface area (Å²) in [7, 11) is 0. The molecule has 2 aromatic carbocycles. The van der Waals surface area contributed by atoms with Crippen molar-refractivity contribution in [3.63, 3.8) is 0 Å². The van der Waals surface area contributed by atoms with Gasteiger partial charge in [0.2, 0.25) is 5.13 Å². The van der Waals surface area contributed by atoms with Crippen LogP contribution in [0.3, 0.4) is 0 Å². The molecule has 1 aliphatic heterocycles. The van der Waals surface area contributed by atoms with E-state index in [0.717, 1.165) is 53.6 Å². The monoisotopic (exact) mass is 427 g/mol. The van der Waals surface area contributed by atoms with Crippen molar-refractivity contribution in [2.75, 3.05) is 30.8 Å². The zero-order valence-electron chi connectivity index (χ0n) is 16.6. The Labute approximate surface area is 180 Å². The number of quaternary nitrogens is 1. The van der Waals surface area contributed by atoms with Gasteiger partial charge in [0.25, 0.3) is 0 Å². The second kappa shape index (κ2) is 10.2. The van der Waals surface area contributed by atoms with Crippen LogP contribution in [0.1, 0.15) is 18.1 Å². The van der Waals surface area contributed by atoms with Crippen molar-refractivity contribution in [3.05, 3.63) is 65.7 Å². The molecule has 7 heteroatoms. The summed E-state index contributed by atoms with van der Waals surface area (Å²) in [6.45, 7) is 6.16. The van der Waals surface area contributed by atoms with Crippen LogP contribution >= 0.6 is 23.1 Å². The number of ether oxygens (including phenoxy) is 1. The Morgan fingerprint density at radius 1 is 1.10 bits per heavy atom. The lowest BCUT2D eigenvalue weighted by atomic mass is 10.1. The number of hydrogen-bond acceptors (Lipinski definition) is 6. The summed E-state index contributed by atoms with van der Waals surface area (Å²) in [5.41, 5.74) is 3.77. The van der Waals surface area contributed by atoms with Gasteiger partial charge >= 0.3 is 0 Å². The van der Waals surface area contributed by atoms with Crippen molar-refractivity contribution < 1.29 is 9.64 Å². The van der Waals surface area contributed by atoms with E-state index in [1.54, 1.807) is 28.0 Å². The Balaban J connectivity index is 1.25. The maximum Gasteiger partial charge on any atom is 0.210 e. The fourth-order valence-corrected chi connectivity index (χ4v) is 5.25. The molecule has 0 bridgehead atoms. The second-order valence-corrected chi connectivity index (χ2v) is 9.46. The Kier molecular flexibility index (Phi) is 7.16. The van der Waals surface area contributed by atoms with Crippen molar-refractivity contribution in [1.29, 1.82) is 0 Å². The predicted molar refractivity (Wildman–Crippen MR) is 120 cm³/mol. The molecule has 1 fully saturated rings. The Morgan fingerprint density at radius 3 is 2.72 bits per heavy atom. The van der Waals surface area contributed by atoms with Gasteiger partial charge in [-0.1, -0.05) is 72.5 Å². The van der Waals surface area contributed by atoms with Crippen LogP contribution in [0.25, 0.3) is 0 Å². The molecule has 0 radical (unpaired) electrons. The fourth-order valence-electron chi connectivity index (χ4n) is 3.44. The molecule has 5 nitrogen and oxygen atoms in total. The van der Waals surface area contributed by atoms with E-state index >= 15 is 0 Å². The van der Waals surface area contributed by atoms with Crippen molar-refractivity contribution >= 4 is 33.9 Å². The summed E-state index contributed by atoms with van der Waals surface area (Å²) in [6.07, 6.45) is 1.31. The quantitative estimate of drug-likeness (QED) is 0.540. The minimum atomic E-state index is 0.259. The minimum Gasteiger partial charge on any atom is -0.366 e. The highest BCUT2D eigenvalue weighted by Gasteiger charge is 2.24. The largest absolute Gasteiger partial charge is 0.366 e. The first-order valence-electron chi connectivity index (χ1n) is 10.1. The number of hydrogen-bond donors (Lipinski definition) is 2. The van der Waals surface area contributed by atoms with E-state index in [0.29, 0.717) is 0 Å². The average molecular weight is 428 g/mol. The van der Waals surface area contributed by atoms with Crippen LogP contribution in [-0.2, 0) is 17.7 Å². The molecule has 0 aliphatic carbocycles. The van der Waals surface area contributed by atoms with Crippen LogP contribution in [0.2, 0.25) is 0 Å². The van der Waals surface area contributed by atoms with E-state index in [4.69, 9.17) is 4.74 Å². The van der Waals surface area contributed by atoms with Crippen LogP contribution in [0.4, 0.5) is 10.8 Å². The number of nitrogens with one attached hydrogen (secondary N) is 2. The van der Waals surface area contributed by atoms with E-state index in [2.05, 4.69) is 77.0 Å². The lowest BCUT2D eigenvalue weighted by molar-refractivity contribution is -0.924. The number of morpholine rings is 1. The average Bonchev–Trinajstić information content (AvgIpc) is 3.21. The van der Waals surface area contributed by atoms with E-state index in [-0.39, 0.29) is 6.10 Å². The molecule has 2 heterocycles. The van der Waals surface area contributed by atoms with Crippen molar-refractivity contribution in [1.82, 2.24) is 10.2 Å². The van der Waals surface area contributed by atoms with Gasteiger partial charge in [-0.2, -0.15) is 0 Å². The Morgan fingerprint density at radius 2 is 1.93 bits per heavy atom. The third-order valence-electron chi connectivity index (χ3n) is 5.04. The van der Waals surface area contributed by atoms with E-state index in [9.17, 15) is 0 Å². The van der Waals surface area contributed by atoms with Gasteiger partial charge in [-0.25, -0.2) is 0 Å². The van der Waals surface area contributed by atoms with Crippen LogP contribution in [0.15, 0.2) is 58.9 Å². The maximum absolute atomic E-state index is 5.99. The van der Waals surface area contributed by atoms with Crippen LogP contribution in [-0.4, -0.2) is 41.8 Å². The number of thioether (sulfide) groups is 1. The summed E-state index contributed by atoms with van der Waals surface area (Å²) < 4.78 is 6.97. The molecule has 0 spiro atoms. The number of anilines is 2. The third-order valence-corrected chi connectivity index (χ3v) is 7.14. The minimum absolute atomic E-state index is 0.259. The molecule has 2 N–H and O–H groups in total. The molecule has 1 saturated heterocycles. The van der Waals surface area contributed by atoms with Gasteiger partial charge in [-0.3, -0.25) is 0 Å². The third kappa shape index (κ3) is 6.02. The highest BCUT2D eigenvalue weighted by Crippen LogP contribution is 2.28. The molecule has 3 aromatic rings. The van der Waals surface area contributed by atoms with Gasteiger partial charge in [-0.15, -0.1) is 10.2 Å². The zero-order valence-corrected chi connectivity index (χ0v) is 18.3. The molecular weight excluding hydrogens is 400 g/mol. The molecule has 2 atom stereocenters. The van der Waals surface area contributed by atoms with Crippen LogP contribution < -0.4 is 10.2 Å². The topological polar surface area (TPSA) is 51.5 Å². The first-order chi connectivity index (χ1) is 14.3. The summed E-state index contributed by atoms with van der Waals surface area (Å²) >= 11 is 3.34. The van der Waals surface area contributed by atoms with E-state index in [1.807, 2.05) is 0 Å². The molecule has 1 aromatic heterocycles. The number of nitrogens with zero attached hydrogens (tertiary/aromatic N) is 2. The molecule has 152 valence electrons. The van der Waals surface area contributed by atoms with E-state index in [1.165, 1.54) is 11.1 Å².